The summed E-state index contributed by atoms with van der Waals surface area (Å²) in [6, 6.07) is 8.20. The Hall–Kier alpha value is -1.75. The molecule has 5 nitrogen and oxygen atoms in total. The molecule has 1 saturated carbocycles. The number of rotatable bonds is 4. The van der Waals surface area contributed by atoms with Crippen molar-refractivity contribution in [3.63, 3.8) is 0 Å². The van der Waals surface area contributed by atoms with Gasteiger partial charge in [-0.1, -0.05) is 12.8 Å². The molecule has 0 spiro atoms. The number of nitrogens with one attached hydrogen (secondary N) is 1. The van der Waals surface area contributed by atoms with E-state index in [1.807, 2.05) is 29.2 Å². The van der Waals surface area contributed by atoms with Crippen LogP contribution in [0.15, 0.2) is 24.3 Å². The molecule has 0 unspecified atom stereocenters. The number of hydrogen-bond donors (Lipinski definition) is 1. The van der Waals surface area contributed by atoms with Crippen molar-refractivity contribution in [1.29, 1.82) is 0 Å². The van der Waals surface area contributed by atoms with Gasteiger partial charge in [-0.05, 0) is 55.9 Å². The minimum atomic E-state index is 0.0474. The van der Waals surface area contributed by atoms with E-state index in [1.54, 1.807) is 0 Å². The minimum absolute atomic E-state index is 0.0474. The highest BCUT2D eigenvalue weighted by atomic mass is 16.5. The van der Waals surface area contributed by atoms with Crippen LogP contribution in [0.25, 0.3) is 0 Å². The van der Waals surface area contributed by atoms with Crippen molar-refractivity contribution < 1.29 is 14.3 Å². The summed E-state index contributed by atoms with van der Waals surface area (Å²) < 4.78 is 11.2. The molecule has 3 fully saturated rings. The Labute approximate surface area is 149 Å². The van der Waals surface area contributed by atoms with Crippen LogP contribution in [0.4, 0.5) is 10.5 Å². The molecule has 0 bridgehead atoms. The lowest BCUT2D eigenvalue weighted by Gasteiger charge is -2.31. The molecule has 0 aromatic heterocycles. The molecule has 4 rings (SSSR count). The zero-order valence-electron chi connectivity index (χ0n) is 14.8. The molecule has 2 amide bonds. The van der Waals surface area contributed by atoms with Crippen molar-refractivity contribution in [3.8, 4) is 5.75 Å². The van der Waals surface area contributed by atoms with Crippen molar-refractivity contribution in [3.05, 3.63) is 24.3 Å². The number of anilines is 1. The van der Waals surface area contributed by atoms with Crippen molar-refractivity contribution in [2.45, 2.75) is 44.6 Å². The van der Waals surface area contributed by atoms with Crippen molar-refractivity contribution in [2.24, 2.45) is 11.8 Å². The second-order valence-corrected chi connectivity index (χ2v) is 7.59. The molecule has 2 aliphatic heterocycles. The molecule has 1 aliphatic carbocycles. The average Bonchev–Trinajstić information content (AvgIpc) is 3.31. The van der Waals surface area contributed by atoms with Crippen LogP contribution in [0.1, 0.15) is 38.5 Å². The molecule has 136 valence electrons. The first-order valence-corrected chi connectivity index (χ1v) is 9.68. The van der Waals surface area contributed by atoms with Crippen molar-refractivity contribution in [2.75, 3.05) is 31.7 Å². The Kier molecular flexibility index (Phi) is 5.11. The highest BCUT2D eigenvalue weighted by molar-refractivity contribution is 5.89. The van der Waals surface area contributed by atoms with Gasteiger partial charge in [0.2, 0.25) is 0 Å². The van der Waals surface area contributed by atoms with Crippen LogP contribution in [-0.2, 0) is 4.74 Å². The Morgan fingerprint density at radius 2 is 2.00 bits per heavy atom. The molecule has 3 atom stereocenters. The standard InChI is InChI=1S/C20H28N2O3/c23-20(22-11-9-16-3-1-2-4-19(16)22)21-17-5-7-18(8-6-17)25-14-15-10-12-24-13-15/h5-8,15-16,19H,1-4,9-14H2,(H,21,23)/t15-,16-,19-/m1/s1. The Bertz CT molecular complexity index is 583. The molecule has 2 heterocycles. The normalized spacial score (nSPS) is 28.6. The third-order valence-electron chi connectivity index (χ3n) is 5.89. The third-order valence-corrected chi connectivity index (χ3v) is 5.89. The van der Waals surface area contributed by atoms with Crippen LogP contribution in [0.5, 0.6) is 5.75 Å². The van der Waals surface area contributed by atoms with Gasteiger partial charge in [0, 0.05) is 30.8 Å². The average molecular weight is 344 g/mol. The fourth-order valence-electron chi connectivity index (χ4n) is 4.42. The van der Waals surface area contributed by atoms with Crippen LogP contribution >= 0.6 is 0 Å². The van der Waals surface area contributed by atoms with E-state index in [2.05, 4.69) is 5.32 Å². The molecule has 1 aromatic carbocycles. The largest absolute Gasteiger partial charge is 0.493 e. The lowest BCUT2D eigenvalue weighted by atomic mass is 9.85. The molecular formula is C20H28N2O3. The van der Waals surface area contributed by atoms with Crippen LogP contribution in [0.2, 0.25) is 0 Å². The van der Waals surface area contributed by atoms with E-state index in [-0.39, 0.29) is 6.03 Å². The van der Waals surface area contributed by atoms with Crippen LogP contribution in [-0.4, -0.2) is 43.3 Å². The Morgan fingerprint density at radius 1 is 1.16 bits per heavy atom. The van der Waals surface area contributed by atoms with E-state index in [9.17, 15) is 4.79 Å². The van der Waals surface area contributed by atoms with E-state index in [0.29, 0.717) is 18.6 Å². The van der Waals surface area contributed by atoms with Crippen LogP contribution in [0, 0.1) is 11.8 Å². The zero-order valence-corrected chi connectivity index (χ0v) is 14.8. The Balaban J connectivity index is 1.29. The van der Waals surface area contributed by atoms with Gasteiger partial charge in [0.05, 0.1) is 13.2 Å². The lowest BCUT2D eigenvalue weighted by molar-refractivity contribution is 0.167. The van der Waals surface area contributed by atoms with E-state index in [4.69, 9.17) is 9.47 Å². The fraction of sp³-hybridized carbons (Fsp3) is 0.650. The number of hydrogen-bond acceptors (Lipinski definition) is 3. The van der Waals surface area contributed by atoms with Gasteiger partial charge < -0.3 is 19.7 Å². The first-order chi connectivity index (χ1) is 12.3. The second-order valence-electron chi connectivity index (χ2n) is 7.59. The maximum absolute atomic E-state index is 12.6. The number of amides is 2. The predicted molar refractivity (Wildman–Crippen MR) is 97.0 cm³/mol. The molecule has 25 heavy (non-hydrogen) atoms. The number of urea groups is 1. The fourth-order valence-corrected chi connectivity index (χ4v) is 4.42. The van der Waals surface area contributed by atoms with E-state index >= 15 is 0 Å². The molecule has 2 saturated heterocycles. The summed E-state index contributed by atoms with van der Waals surface area (Å²) in [6.45, 7) is 3.23. The van der Waals surface area contributed by atoms with Gasteiger partial charge in [-0.25, -0.2) is 4.79 Å². The molecule has 5 heteroatoms. The monoisotopic (exact) mass is 344 g/mol. The number of carbonyl (C=O) groups is 1. The molecule has 0 radical (unpaired) electrons. The highest BCUT2D eigenvalue weighted by Crippen LogP contribution is 2.36. The van der Waals surface area contributed by atoms with Gasteiger partial charge in [-0.15, -0.1) is 0 Å². The van der Waals surface area contributed by atoms with E-state index < -0.39 is 0 Å². The van der Waals surface area contributed by atoms with Gasteiger partial charge in [-0.3, -0.25) is 0 Å². The second kappa shape index (κ2) is 7.65. The van der Waals surface area contributed by atoms with Crippen LogP contribution in [0.3, 0.4) is 0 Å². The van der Waals surface area contributed by atoms with Gasteiger partial charge in [0.15, 0.2) is 0 Å². The number of likely N-dealkylation sites (tertiary alicyclic amines) is 1. The summed E-state index contributed by atoms with van der Waals surface area (Å²) in [5.74, 6) is 2.06. The maximum Gasteiger partial charge on any atom is 0.322 e. The number of benzene rings is 1. The first kappa shape index (κ1) is 16.7. The maximum atomic E-state index is 12.6. The smallest absolute Gasteiger partial charge is 0.322 e. The van der Waals surface area contributed by atoms with E-state index in [0.717, 1.165) is 56.4 Å². The predicted octanol–water partition coefficient (Wildman–Crippen LogP) is 3.90. The summed E-state index contributed by atoms with van der Waals surface area (Å²) in [5, 5.41) is 3.05. The van der Waals surface area contributed by atoms with Crippen molar-refractivity contribution in [1.82, 2.24) is 4.90 Å². The van der Waals surface area contributed by atoms with Gasteiger partial charge in [0.25, 0.3) is 0 Å². The van der Waals surface area contributed by atoms with E-state index in [1.165, 1.54) is 19.3 Å². The summed E-state index contributed by atoms with van der Waals surface area (Å²) in [6.07, 6.45) is 7.26. The SMILES string of the molecule is O=C(Nc1ccc(OC[C@@H]2CCOC2)cc1)N1CC[C@H]2CCCC[C@H]21. The lowest BCUT2D eigenvalue weighted by Crippen LogP contribution is -2.41. The molecule has 1 aromatic rings. The topological polar surface area (TPSA) is 50.8 Å². The first-order valence-electron chi connectivity index (χ1n) is 9.68. The van der Waals surface area contributed by atoms with Gasteiger partial charge in [-0.2, -0.15) is 0 Å². The van der Waals surface area contributed by atoms with Gasteiger partial charge in [0.1, 0.15) is 5.75 Å². The summed E-state index contributed by atoms with van der Waals surface area (Å²) in [4.78, 5) is 14.7. The minimum Gasteiger partial charge on any atom is -0.493 e. The highest BCUT2D eigenvalue weighted by Gasteiger charge is 2.38. The van der Waals surface area contributed by atoms with Crippen molar-refractivity contribution >= 4 is 11.7 Å². The molecule has 3 aliphatic rings. The summed E-state index contributed by atoms with van der Waals surface area (Å²) >= 11 is 0. The number of carbonyl (C=O) groups excluding carboxylic acids is 1. The van der Waals surface area contributed by atoms with Gasteiger partial charge >= 0.3 is 6.03 Å². The number of ether oxygens (including phenoxy) is 2. The summed E-state index contributed by atoms with van der Waals surface area (Å²) in [7, 11) is 0. The molecule has 1 N–H and O–H groups in total. The number of nitrogens with zero attached hydrogens (tertiary/aromatic N) is 1. The molecular weight excluding hydrogens is 316 g/mol. The quantitative estimate of drug-likeness (QED) is 0.901. The number of fused-ring (bicyclic) bond motifs is 1. The Morgan fingerprint density at radius 3 is 2.80 bits per heavy atom. The summed E-state index contributed by atoms with van der Waals surface area (Å²) in [5.41, 5.74) is 0.834. The zero-order chi connectivity index (χ0) is 17.1. The van der Waals surface area contributed by atoms with Crippen LogP contribution < -0.4 is 10.1 Å². The third kappa shape index (κ3) is 3.92.